The fraction of sp³-hybridized carbons (Fsp3) is 0.263. The normalized spacial score (nSPS) is 12.2. The Hall–Kier alpha value is -2.62. The molecule has 1 aromatic heterocycles. The first-order valence-corrected chi connectivity index (χ1v) is 8.08. The van der Waals surface area contributed by atoms with E-state index in [9.17, 15) is 4.79 Å². The summed E-state index contributed by atoms with van der Waals surface area (Å²) in [5.41, 5.74) is 2.60. The third-order valence-corrected chi connectivity index (χ3v) is 3.93. The van der Waals surface area contributed by atoms with Gasteiger partial charge in [-0.05, 0) is 30.7 Å². The fourth-order valence-electron chi connectivity index (χ4n) is 2.65. The number of carbonyl (C=O) groups is 1. The van der Waals surface area contributed by atoms with Gasteiger partial charge in [0, 0.05) is 5.56 Å². The van der Waals surface area contributed by atoms with Crippen LogP contribution in [0.1, 0.15) is 48.4 Å². The van der Waals surface area contributed by atoms with E-state index < -0.39 is 0 Å². The van der Waals surface area contributed by atoms with Crippen LogP contribution in [0.2, 0.25) is 0 Å². The van der Waals surface area contributed by atoms with Crippen LogP contribution in [0, 0.1) is 0 Å². The van der Waals surface area contributed by atoms with Crippen LogP contribution in [0.5, 0.6) is 0 Å². The molecule has 0 saturated carbocycles. The molecule has 0 aliphatic heterocycles. The Labute approximate surface area is 136 Å². The predicted molar refractivity (Wildman–Crippen MR) is 92.3 cm³/mol. The number of imidazole rings is 1. The summed E-state index contributed by atoms with van der Waals surface area (Å²) in [4.78, 5) is 20.4. The summed E-state index contributed by atoms with van der Waals surface area (Å²) in [7, 11) is 0. The highest BCUT2D eigenvalue weighted by atomic mass is 16.1. The van der Waals surface area contributed by atoms with Crippen molar-refractivity contribution < 1.29 is 4.79 Å². The minimum atomic E-state index is -0.102. The van der Waals surface area contributed by atoms with Gasteiger partial charge in [0.1, 0.15) is 5.82 Å². The number of hydrogen-bond acceptors (Lipinski definition) is 2. The molecule has 2 aromatic carbocycles. The summed E-state index contributed by atoms with van der Waals surface area (Å²) in [6.07, 6.45) is 2.99. The number of benzene rings is 2. The van der Waals surface area contributed by atoms with Crippen molar-refractivity contribution in [3.63, 3.8) is 0 Å². The summed E-state index contributed by atoms with van der Waals surface area (Å²) in [6.45, 7) is 2.15. The maximum atomic E-state index is 12.5. The lowest BCUT2D eigenvalue weighted by Gasteiger charge is -2.16. The molecule has 2 N–H and O–H groups in total. The van der Waals surface area contributed by atoms with Gasteiger partial charge in [-0.25, -0.2) is 4.98 Å². The van der Waals surface area contributed by atoms with E-state index in [1.54, 1.807) is 0 Å². The van der Waals surface area contributed by atoms with Crippen molar-refractivity contribution in [3.05, 3.63) is 66.0 Å². The molecule has 1 amide bonds. The van der Waals surface area contributed by atoms with Crippen LogP contribution in [-0.4, -0.2) is 15.9 Å². The van der Waals surface area contributed by atoms with E-state index in [0.29, 0.717) is 5.56 Å². The van der Waals surface area contributed by atoms with Crippen molar-refractivity contribution in [3.8, 4) is 0 Å². The summed E-state index contributed by atoms with van der Waals surface area (Å²) >= 11 is 0. The summed E-state index contributed by atoms with van der Waals surface area (Å²) in [5, 5.41) is 3.11. The third kappa shape index (κ3) is 3.59. The molecule has 0 radical (unpaired) electrons. The average molecular weight is 307 g/mol. The van der Waals surface area contributed by atoms with E-state index in [0.717, 1.165) is 36.1 Å². The average Bonchev–Trinajstić information content (AvgIpc) is 3.03. The number of rotatable bonds is 6. The van der Waals surface area contributed by atoms with Gasteiger partial charge in [-0.15, -0.1) is 0 Å². The molecule has 4 heteroatoms. The topological polar surface area (TPSA) is 57.8 Å². The van der Waals surface area contributed by atoms with Crippen molar-refractivity contribution >= 4 is 16.9 Å². The zero-order chi connectivity index (χ0) is 16.1. The molecule has 0 bridgehead atoms. The van der Waals surface area contributed by atoms with Gasteiger partial charge in [0.25, 0.3) is 5.91 Å². The lowest BCUT2D eigenvalue weighted by atomic mass is 10.1. The number of aromatic nitrogens is 2. The molecule has 1 heterocycles. The van der Waals surface area contributed by atoms with Gasteiger partial charge >= 0.3 is 0 Å². The predicted octanol–water partition coefficient (Wildman–Crippen LogP) is 4.22. The fourth-order valence-corrected chi connectivity index (χ4v) is 2.65. The van der Waals surface area contributed by atoms with Crippen molar-refractivity contribution in [2.75, 3.05) is 0 Å². The minimum Gasteiger partial charge on any atom is -0.342 e. The highest BCUT2D eigenvalue weighted by molar-refractivity contribution is 5.94. The van der Waals surface area contributed by atoms with Gasteiger partial charge in [-0.2, -0.15) is 0 Å². The largest absolute Gasteiger partial charge is 0.342 e. The van der Waals surface area contributed by atoms with Crippen LogP contribution in [0.4, 0.5) is 0 Å². The molecule has 0 spiro atoms. The maximum absolute atomic E-state index is 12.5. The molecule has 4 nitrogen and oxygen atoms in total. The van der Waals surface area contributed by atoms with Gasteiger partial charge in [0.15, 0.2) is 0 Å². The Bertz CT molecular complexity index is 746. The molecule has 3 rings (SSSR count). The number of nitrogens with zero attached hydrogens (tertiary/aromatic N) is 1. The SMILES string of the molecule is CCCC[C@H](NC(=O)c1ccccc1)c1nc2ccccc2[nH]1. The molecular weight excluding hydrogens is 286 g/mol. The molecule has 0 aliphatic carbocycles. The number of unbranched alkanes of at least 4 members (excludes halogenated alkanes) is 1. The van der Waals surface area contributed by atoms with Crippen LogP contribution < -0.4 is 5.32 Å². The molecule has 0 fully saturated rings. The number of amides is 1. The van der Waals surface area contributed by atoms with Crippen LogP contribution in [0.25, 0.3) is 11.0 Å². The number of hydrogen-bond donors (Lipinski definition) is 2. The second kappa shape index (κ2) is 7.09. The van der Waals surface area contributed by atoms with Gasteiger partial charge in [0.05, 0.1) is 17.1 Å². The first kappa shape index (κ1) is 15.3. The Balaban J connectivity index is 1.83. The molecule has 1 atom stereocenters. The maximum Gasteiger partial charge on any atom is 0.251 e. The van der Waals surface area contributed by atoms with Crippen LogP contribution in [-0.2, 0) is 0 Å². The number of para-hydroxylation sites is 2. The first-order valence-electron chi connectivity index (χ1n) is 8.08. The molecular formula is C19H21N3O. The van der Waals surface area contributed by atoms with Gasteiger partial charge in [-0.3, -0.25) is 4.79 Å². The number of nitrogens with one attached hydrogen (secondary N) is 2. The molecule has 0 saturated heterocycles. The van der Waals surface area contributed by atoms with Crippen molar-refractivity contribution in [2.45, 2.75) is 32.2 Å². The van der Waals surface area contributed by atoms with Gasteiger partial charge in [0.2, 0.25) is 0 Å². The molecule has 118 valence electrons. The van der Waals surface area contributed by atoms with Crippen LogP contribution in [0.3, 0.4) is 0 Å². The summed E-state index contributed by atoms with van der Waals surface area (Å²) in [5.74, 6) is 0.760. The second-order valence-corrected chi connectivity index (χ2v) is 5.67. The lowest BCUT2D eigenvalue weighted by Crippen LogP contribution is -2.29. The second-order valence-electron chi connectivity index (χ2n) is 5.67. The van der Waals surface area contributed by atoms with E-state index in [2.05, 4.69) is 22.2 Å². The highest BCUT2D eigenvalue weighted by Gasteiger charge is 2.18. The third-order valence-electron chi connectivity index (χ3n) is 3.93. The van der Waals surface area contributed by atoms with E-state index in [-0.39, 0.29) is 11.9 Å². The zero-order valence-corrected chi connectivity index (χ0v) is 13.3. The number of aromatic amines is 1. The van der Waals surface area contributed by atoms with Gasteiger partial charge < -0.3 is 10.3 Å². The standard InChI is InChI=1S/C19H21N3O/c1-2-3-11-17(22-19(23)14-9-5-4-6-10-14)18-20-15-12-7-8-13-16(15)21-18/h4-10,12-13,17H,2-3,11H2,1H3,(H,20,21)(H,22,23)/t17-/m0/s1. The summed E-state index contributed by atoms with van der Waals surface area (Å²) < 4.78 is 0. The Kier molecular flexibility index (Phi) is 4.71. The van der Waals surface area contributed by atoms with Crippen LogP contribution >= 0.6 is 0 Å². The van der Waals surface area contributed by atoms with E-state index in [1.165, 1.54) is 0 Å². The smallest absolute Gasteiger partial charge is 0.251 e. The van der Waals surface area contributed by atoms with E-state index in [1.807, 2.05) is 54.6 Å². The number of H-pyrrole nitrogens is 1. The lowest BCUT2D eigenvalue weighted by molar-refractivity contribution is 0.0932. The first-order chi connectivity index (χ1) is 11.3. The summed E-state index contributed by atoms with van der Waals surface area (Å²) in [6, 6.07) is 17.1. The monoisotopic (exact) mass is 307 g/mol. The minimum absolute atomic E-state index is 0.0628. The van der Waals surface area contributed by atoms with Crippen LogP contribution in [0.15, 0.2) is 54.6 Å². The number of carbonyl (C=O) groups excluding carboxylic acids is 1. The Morgan fingerprint density at radius 3 is 2.61 bits per heavy atom. The zero-order valence-electron chi connectivity index (χ0n) is 13.3. The Morgan fingerprint density at radius 1 is 1.13 bits per heavy atom. The van der Waals surface area contributed by atoms with E-state index >= 15 is 0 Å². The molecule has 3 aromatic rings. The number of fused-ring (bicyclic) bond motifs is 1. The quantitative estimate of drug-likeness (QED) is 0.716. The van der Waals surface area contributed by atoms with E-state index in [4.69, 9.17) is 0 Å². The highest BCUT2D eigenvalue weighted by Crippen LogP contribution is 2.21. The van der Waals surface area contributed by atoms with Crippen molar-refractivity contribution in [1.82, 2.24) is 15.3 Å². The molecule has 0 unspecified atom stereocenters. The van der Waals surface area contributed by atoms with Crippen molar-refractivity contribution in [1.29, 1.82) is 0 Å². The molecule has 0 aliphatic rings. The van der Waals surface area contributed by atoms with Crippen molar-refractivity contribution in [2.24, 2.45) is 0 Å². The molecule has 23 heavy (non-hydrogen) atoms. The van der Waals surface area contributed by atoms with Gasteiger partial charge in [-0.1, -0.05) is 50.1 Å². The Morgan fingerprint density at radius 2 is 1.87 bits per heavy atom.